The Kier molecular flexibility index (Phi) is 1.99. The Bertz CT molecular complexity index is 85.4. The summed E-state index contributed by atoms with van der Waals surface area (Å²) in [6, 6.07) is 0. The topological polar surface area (TPSA) is 63.3 Å². The van der Waals surface area contributed by atoms with Crippen LogP contribution < -0.4 is 5.73 Å². The van der Waals surface area contributed by atoms with Gasteiger partial charge in [0.15, 0.2) is 0 Å². The molecule has 0 aromatic rings. The minimum atomic E-state index is -2.52. The molecule has 7 heavy (non-hydrogen) atoms. The first-order chi connectivity index (χ1) is 2.94. The van der Waals surface area contributed by atoms with Crippen LogP contribution in [-0.4, -0.2) is 10.2 Å². The smallest absolute Gasteiger partial charge is 0.207 e. The van der Waals surface area contributed by atoms with Crippen molar-refractivity contribution in [2.24, 2.45) is 5.73 Å². The maximum absolute atomic E-state index is 10.1. The molecule has 1 unspecified atom stereocenters. The highest BCUT2D eigenvalue weighted by Crippen LogP contribution is 2.27. The van der Waals surface area contributed by atoms with Crippen molar-refractivity contribution in [1.82, 2.24) is 0 Å². The van der Waals surface area contributed by atoms with Crippen LogP contribution in [0.2, 0.25) is 0 Å². The summed E-state index contributed by atoms with van der Waals surface area (Å²) in [6.07, 6.45) is 0. The summed E-state index contributed by atoms with van der Waals surface area (Å²) in [7, 11) is -2.52. The highest BCUT2D eigenvalue weighted by Gasteiger charge is 2.15. The van der Waals surface area contributed by atoms with Gasteiger partial charge in [-0.25, -0.2) is 0 Å². The maximum Gasteiger partial charge on any atom is 0.207 e. The highest BCUT2D eigenvalue weighted by atomic mass is 31.1. The van der Waals surface area contributed by atoms with E-state index in [1.165, 1.54) is 13.8 Å². The van der Waals surface area contributed by atoms with Crippen LogP contribution in [0.15, 0.2) is 0 Å². The van der Waals surface area contributed by atoms with E-state index in [0.29, 0.717) is 0 Å². The molecule has 0 radical (unpaired) electrons. The molecule has 0 rings (SSSR count). The van der Waals surface area contributed by atoms with Crippen LogP contribution in [0.25, 0.3) is 0 Å². The fraction of sp³-hybridized carbons (Fsp3) is 1.00. The van der Waals surface area contributed by atoms with Gasteiger partial charge in [0, 0.05) is 0 Å². The third-order valence-corrected chi connectivity index (χ3v) is 1.65. The van der Waals surface area contributed by atoms with Gasteiger partial charge in [-0.2, -0.15) is 0 Å². The van der Waals surface area contributed by atoms with E-state index in [1.54, 1.807) is 0 Å². The van der Waals surface area contributed by atoms with Gasteiger partial charge in [-0.05, 0) is 13.8 Å². The second-order valence-corrected chi connectivity index (χ2v) is 3.93. The molecule has 0 aliphatic carbocycles. The molecule has 0 aromatic carbocycles. The normalized spacial score (nSPS) is 16.6. The number of rotatable bonds is 1. The maximum atomic E-state index is 10.1. The second-order valence-electron chi connectivity index (χ2n) is 2.03. The molecule has 0 aliphatic heterocycles. The number of nitrogens with two attached hydrogens (primary N) is 1. The molecule has 44 valence electrons. The Morgan fingerprint density at radius 1 is 1.71 bits per heavy atom. The third-order valence-electron chi connectivity index (χ3n) is 0.551. The fourth-order valence-electron chi connectivity index (χ4n) is 0. The molecule has 0 aromatic heterocycles. The molecule has 3 N–H and O–H groups in total. The van der Waals surface area contributed by atoms with Crippen molar-refractivity contribution < 1.29 is 9.46 Å². The van der Waals surface area contributed by atoms with E-state index in [-0.39, 0.29) is 0 Å². The van der Waals surface area contributed by atoms with Gasteiger partial charge in [-0.3, -0.25) is 4.57 Å². The molecule has 0 saturated heterocycles. The Morgan fingerprint density at radius 3 is 1.86 bits per heavy atom. The van der Waals surface area contributed by atoms with Crippen LogP contribution in [-0.2, 0) is 4.57 Å². The molecular formula is C3H10NO2P. The van der Waals surface area contributed by atoms with Crippen molar-refractivity contribution in [1.29, 1.82) is 0 Å². The van der Waals surface area contributed by atoms with Crippen LogP contribution in [0.4, 0.5) is 0 Å². The summed E-state index contributed by atoms with van der Waals surface area (Å²) < 4.78 is 10.1. The number of hydrogen-bond donors (Lipinski definition) is 2. The van der Waals surface area contributed by atoms with Crippen molar-refractivity contribution in [3.05, 3.63) is 0 Å². The molecule has 0 fully saturated rings. The second kappa shape index (κ2) is 1.95. The SMILES string of the molecule is CC(C)(N)[PH](=O)O. The van der Waals surface area contributed by atoms with Gasteiger partial charge in [-0.1, -0.05) is 0 Å². The lowest BCUT2D eigenvalue weighted by Gasteiger charge is -2.11. The summed E-state index contributed by atoms with van der Waals surface area (Å²) in [5.74, 6) is 0. The summed E-state index contributed by atoms with van der Waals surface area (Å²) in [4.78, 5) is 8.31. The van der Waals surface area contributed by atoms with Crippen LogP contribution in [0.5, 0.6) is 0 Å². The van der Waals surface area contributed by atoms with E-state index in [1.807, 2.05) is 0 Å². The summed E-state index contributed by atoms with van der Waals surface area (Å²) in [5, 5.41) is -0.898. The lowest BCUT2D eigenvalue weighted by Crippen LogP contribution is -2.26. The van der Waals surface area contributed by atoms with Crippen molar-refractivity contribution in [2.75, 3.05) is 0 Å². The van der Waals surface area contributed by atoms with Crippen molar-refractivity contribution >= 4 is 8.03 Å². The quantitative estimate of drug-likeness (QED) is 0.488. The zero-order valence-corrected chi connectivity index (χ0v) is 5.43. The Balaban J connectivity index is 3.79. The molecular weight excluding hydrogens is 113 g/mol. The van der Waals surface area contributed by atoms with E-state index in [2.05, 4.69) is 0 Å². The zero-order valence-electron chi connectivity index (χ0n) is 4.43. The predicted molar refractivity (Wildman–Crippen MR) is 29.5 cm³/mol. The Labute approximate surface area is 43.4 Å². The highest BCUT2D eigenvalue weighted by molar-refractivity contribution is 7.39. The predicted octanol–water partition coefficient (Wildman–Crippen LogP) is 0.148. The van der Waals surface area contributed by atoms with Crippen LogP contribution in [0.3, 0.4) is 0 Å². The first kappa shape index (κ1) is 7.15. The van der Waals surface area contributed by atoms with Gasteiger partial charge in [0.05, 0.1) is 5.28 Å². The fourth-order valence-corrected chi connectivity index (χ4v) is 0. The van der Waals surface area contributed by atoms with Gasteiger partial charge in [-0.15, -0.1) is 0 Å². The van der Waals surface area contributed by atoms with Gasteiger partial charge in [0.1, 0.15) is 0 Å². The first-order valence-corrected chi connectivity index (χ1v) is 3.32. The molecule has 0 aliphatic rings. The number of hydrogen-bond acceptors (Lipinski definition) is 2. The van der Waals surface area contributed by atoms with E-state index >= 15 is 0 Å². The van der Waals surface area contributed by atoms with Crippen LogP contribution in [0.1, 0.15) is 13.8 Å². The van der Waals surface area contributed by atoms with Crippen molar-refractivity contribution in [2.45, 2.75) is 19.1 Å². The van der Waals surface area contributed by atoms with E-state index < -0.39 is 13.3 Å². The van der Waals surface area contributed by atoms with E-state index in [4.69, 9.17) is 10.6 Å². The third kappa shape index (κ3) is 2.80. The molecule has 0 amide bonds. The Morgan fingerprint density at radius 2 is 1.86 bits per heavy atom. The lowest BCUT2D eigenvalue weighted by atomic mass is 10.4. The van der Waals surface area contributed by atoms with Gasteiger partial charge < -0.3 is 10.6 Å². The van der Waals surface area contributed by atoms with Crippen LogP contribution in [0, 0.1) is 0 Å². The zero-order chi connectivity index (χ0) is 6.08. The Hall–Kier alpha value is 0.150. The minimum Gasteiger partial charge on any atom is -0.345 e. The molecule has 3 nitrogen and oxygen atoms in total. The van der Waals surface area contributed by atoms with Gasteiger partial charge >= 0.3 is 0 Å². The summed E-state index contributed by atoms with van der Waals surface area (Å²) in [5.41, 5.74) is 5.16. The van der Waals surface area contributed by atoms with Crippen molar-refractivity contribution in [3.63, 3.8) is 0 Å². The van der Waals surface area contributed by atoms with Crippen LogP contribution >= 0.6 is 8.03 Å². The first-order valence-electron chi connectivity index (χ1n) is 1.97. The molecule has 0 heterocycles. The molecule has 0 bridgehead atoms. The molecule has 0 spiro atoms. The van der Waals surface area contributed by atoms with Gasteiger partial charge in [0.2, 0.25) is 8.03 Å². The molecule has 4 heteroatoms. The lowest BCUT2D eigenvalue weighted by molar-refractivity contribution is 0.467. The monoisotopic (exact) mass is 123 g/mol. The molecule has 0 saturated carbocycles. The van der Waals surface area contributed by atoms with Crippen molar-refractivity contribution in [3.8, 4) is 0 Å². The summed E-state index contributed by atoms with van der Waals surface area (Å²) >= 11 is 0. The molecule has 1 atom stereocenters. The average Bonchev–Trinajstić information content (AvgIpc) is 1.31. The van der Waals surface area contributed by atoms with Gasteiger partial charge in [0.25, 0.3) is 0 Å². The standard InChI is InChI=1S/C3H10NO2P/c1-3(2,4)7(5)6/h7H,4H2,1-2H3,(H,5,6). The summed E-state index contributed by atoms with van der Waals surface area (Å²) in [6.45, 7) is 3.04. The van der Waals surface area contributed by atoms with E-state index in [9.17, 15) is 4.57 Å². The van der Waals surface area contributed by atoms with E-state index in [0.717, 1.165) is 0 Å². The average molecular weight is 123 g/mol. The largest absolute Gasteiger partial charge is 0.345 e. The minimum absolute atomic E-state index is 0.898.